The lowest BCUT2D eigenvalue weighted by molar-refractivity contribution is 0.306. The Hall–Kier alpha value is -1.81. The van der Waals surface area contributed by atoms with Gasteiger partial charge in [0.2, 0.25) is 0 Å². The Morgan fingerprint density at radius 2 is 1.70 bits per heavy atom. The molecule has 0 saturated heterocycles. The fourth-order valence-electron chi connectivity index (χ4n) is 1.58. The average Bonchev–Trinajstić information content (AvgIpc) is 2.45. The van der Waals surface area contributed by atoms with E-state index in [0.717, 1.165) is 21.3 Å². The third kappa shape index (κ3) is 4.70. The summed E-state index contributed by atoms with van der Waals surface area (Å²) in [6.45, 7) is 0.568. The molecule has 0 N–H and O–H groups in total. The van der Waals surface area contributed by atoms with E-state index in [4.69, 9.17) is 4.74 Å². The van der Waals surface area contributed by atoms with Crippen LogP contribution in [0.25, 0.3) is 0 Å². The van der Waals surface area contributed by atoms with Crippen LogP contribution in [-0.4, -0.2) is 25.3 Å². The molecule has 0 unspecified atom stereocenters. The van der Waals surface area contributed by atoms with E-state index in [1.165, 1.54) is 0 Å². The number of benzene rings is 2. The molecule has 0 atom stereocenters. The lowest BCUT2D eigenvalue weighted by Gasteiger charge is -2.07. The highest BCUT2D eigenvalue weighted by molar-refractivity contribution is 9.10. The number of hydrazone groups is 1. The van der Waals surface area contributed by atoms with Gasteiger partial charge in [-0.3, -0.25) is 0 Å². The van der Waals surface area contributed by atoms with Crippen LogP contribution in [0.4, 0.5) is 0 Å². The first-order valence-electron chi connectivity index (χ1n) is 6.32. The lowest BCUT2D eigenvalue weighted by Crippen LogP contribution is -2.01. The van der Waals surface area contributed by atoms with E-state index in [0.29, 0.717) is 6.61 Å². The van der Waals surface area contributed by atoms with Crippen LogP contribution in [0.2, 0.25) is 0 Å². The molecule has 0 fully saturated rings. The second-order valence-corrected chi connectivity index (χ2v) is 5.49. The third-order valence-electron chi connectivity index (χ3n) is 2.64. The molecule has 0 aliphatic rings. The van der Waals surface area contributed by atoms with Crippen LogP contribution in [0.1, 0.15) is 11.1 Å². The zero-order valence-electron chi connectivity index (χ0n) is 11.6. The highest BCUT2D eigenvalue weighted by Gasteiger charge is 1.97. The minimum atomic E-state index is 0.568. The maximum atomic E-state index is 5.74. The van der Waals surface area contributed by atoms with Gasteiger partial charge in [0.05, 0.1) is 6.21 Å². The normalized spacial score (nSPS) is 10.8. The van der Waals surface area contributed by atoms with Gasteiger partial charge in [0, 0.05) is 18.6 Å². The van der Waals surface area contributed by atoms with Gasteiger partial charge < -0.3 is 9.75 Å². The fourth-order valence-corrected chi connectivity index (χ4v) is 1.84. The molecule has 2 aromatic rings. The minimum absolute atomic E-state index is 0.568. The number of rotatable bonds is 5. The number of ether oxygens (including phenoxy) is 1. The van der Waals surface area contributed by atoms with Crippen LogP contribution in [0, 0.1) is 0 Å². The second kappa shape index (κ2) is 7.10. The molecule has 104 valence electrons. The Labute approximate surface area is 128 Å². The molecule has 0 aromatic heterocycles. The van der Waals surface area contributed by atoms with Gasteiger partial charge in [0.15, 0.2) is 0 Å². The monoisotopic (exact) mass is 332 g/mol. The van der Waals surface area contributed by atoms with Crippen molar-refractivity contribution >= 4 is 22.1 Å². The largest absolute Gasteiger partial charge is 0.489 e. The predicted molar refractivity (Wildman–Crippen MR) is 86.2 cm³/mol. The molecule has 0 aliphatic heterocycles. The maximum absolute atomic E-state index is 5.74. The fraction of sp³-hybridized carbons (Fsp3) is 0.188. The average molecular weight is 333 g/mol. The summed E-state index contributed by atoms with van der Waals surface area (Å²) in [7, 11) is 3.79. The quantitative estimate of drug-likeness (QED) is 0.612. The Kier molecular flexibility index (Phi) is 5.18. The first-order chi connectivity index (χ1) is 9.63. The minimum Gasteiger partial charge on any atom is -0.489 e. The Morgan fingerprint density at radius 1 is 1.05 bits per heavy atom. The topological polar surface area (TPSA) is 24.8 Å². The molecule has 4 heteroatoms. The van der Waals surface area contributed by atoms with Crippen LogP contribution in [0.15, 0.2) is 58.1 Å². The van der Waals surface area contributed by atoms with Gasteiger partial charge in [0.1, 0.15) is 12.4 Å². The molecular formula is C16H17BrN2O. The molecule has 0 aliphatic carbocycles. The van der Waals surface area contributed by atoms with Gasteiger partial charge in [-0.15, -0.1) is 0 Å². The highest BCUT2D eigenvalue weighted by Crippen LogP contribution is 2.15. The Balaban J connectivity index is 1.92. The molecule has 0 amide bonds. The summed E-state index contributed by atoms with van der Waals surface area (Å²) in [6.07, 6.45) is 1.82. The van der Waals surface area contributed by atoms with E-state index in [1.54, 1.807) is 5.01 Å². The molecule has 0 saturated carbocycles. The van der Waals surface area contributed by atoms with Crippen LogP contribution in [0.5, 0.6) is 5.75 Å². The van der Waals surface area contributed by atoms with Gasteiger partial charge in [-0.2, -0.15) is 5.10 Å². The van der Waals surface area contributed by atoms with Crippen molar-refractivity contribution in [3.8, 4) is 5.75 Å². The molecular weight excluding hydrogens is 316 g/mol. The summed E-state index contributed by atoms with van der Waals surface area (Å²) in [4.78, 5) is 0. The van der Waals surface area contributed by atoms with E-state index < -0.39 is 0 Å². The maximum Gasteiger partial charge on any atom is 0.119 e. The van der Waals surface area contributed by atoms with Crippen molar-refractivity contribution in [3.05, 3.63) is 64.1 Å². The SMILES string of the molecule is CN(C)/N=C\c1ccc(OCc2ccc(Br)cc2)cc1. The number of hydrogen-bond donors (Lipinski definition) is 0. The summed E-state index contributed by atoms with van der Waals surface area (Å²) in [5.74, 6) is 0.856. The Morgan fingerprint density at radius 3 is 2.30 bits per heavy atom. The van der Waals surface area contributed by atoms with Crippen molar-refractivity contribution < 1.29 is 4.74 Å². The van der Waals surface area contributed by atoms with Crippen molar-refractivity contribution in [3.63, 3.8) is 0 Å². The van der Waals surface area contributed by atoms with Crippen molar-refractivity contribution in [2.45, 2.75) is 6.61 Å². The standard InChI is InChI=1S/C16H17BrN2O/c1-19(2)18-11-13-5-9-16(10-6-13)20-12-14-3-7-15(17)8-4-14/h3-11H,12H2,1-2H3/b18-11-. The van der Waals surface area contributed by atoms with E-state index in [-0.39, 0.29) is 0 Å². The molecule has 2 aromatic carbocycles. The molecule has 0 bridgehead atoms. The first-order valence-corrected chi connectivity index (χ1v) is 7.11. The molecule has 2 rings (SSSR count). The van der Waals surface area contributed by atoms with Crippen molar-refractivity contribution in [2.24, 2.45) is 5.10 Å². The number of halogens is 1. The zero-order valence-corrected chi connectivity index (χ0v) is 13.2. The second-order valence-electron chi connectivity index (χ2n) is 4.58. The van der Waals surface area contributed by atoms with Gasteiger partial charge in [-0.25, -0.2) is 0 Å². The molecule has 0 radical (unpaired) electrons. The predicted octanol–water partition coefficient (Wildman–Crippen LogP) is 3.92. The molecule has 20 heavy (non-hydrogen) atoms. The van der Waals surface area contributed by atoms with Gasteiger partial charge in [-0.1, -0.05) is 28.1 Å². The lowest BCUT2D eigenvalue weighted by atomic mass is 10.2. The van der Waals surface area contributed by atoms with Gasteiger partial charge in [-0.05, 0) is 47.5 Å². The molecule has 0 spiro atoms. The summed E-state index contributed by atoms with van der Waals surface area (Å²) in [6, 6.07) is 16.0. The smallest absolute Gasteiger partial charge is 0.119 e. The van der Waals surface area contributed by atoms with Crippen LogP contribution >= 0.6 is 15.9 Å². The molecule has 0 heterocycles. The first kappa shape index (κ1) is 14.6. The van der Waals surface area contributed by atoms with Gasteiger partial charge in [0.25, 0.3) is 0 Å². The van der Waals surface area contributed by atoms with Crippen LogP contribution in [-0.2, 0) is 6.61 Å². The van der Waals surface area contributed by atoms with Crippen molar-refractivity contribution in [1.82, 2.24) is 5.01 Å². The van der Waals surface area contributed by atoms with Crippen molar-refractivity contribution in [1.29, 1.82) is 0 Å². The molecule has 3 nitrogen and oxygen atoms in total. The summed E-state index contributed by atoms with van der Waals surface area (Å²) >= 11 is 3.42. The number of nitrogens with zero attached hydrogens (tertiary/aromatic N) is 2. The van der Waals surface area contributed by atoms with Gasteiger partial charge >= 0.3 is 0 Å². The van der Waals surface area contributed by atoms with Crippen LogP contribution in [0.3, 0.4) is 0 Å². The summed E-state index contributed by atoms with van der Waals surface area (Å²) in [5, 5.41) is 5.95. The van der Waals surface area contributed by atoms with E-state index in [1.807, 2.05) is 68.8 Å². The summed E-state index contributed by atoms with van der Waals surface area (Å²) in [5.41, 5.74) is 2.20. The van der Waals surface area contributed by atoms with Crippen LogP contribution < -0.4 is 4.74 Å². The highest BCUT2D eigenvalue weighted by atomic mass is 79.9. The van der Waals surface area contributed by atoms with E-state index >= 15 is 0 Å². The number of hydrogen-bond acceptors (Lipinski definition) is 3. The summed E-state index contributed by atoms with van der Waals surface area (Å²) < 4.78 is 6.82. The van der Waals surface area contributed by atoms with Crippen molar-refractivity contribution in [2.75, 3.05) is 14.1 Å². The van der Waals surface area contributed by atoms with E-state index in [2.05, 4.69) is 21.0 Å². The Bertz CT molecular complexity index is 562. The zero-order chi connectivity index (χ0) is 14.4. The van der Waals surface area contributed by atoms with E-state index in [9.17, 15) is 0 Å². The third-order valence-corrected chi connectivity index (χ3v) is 3.17.